The van der Waals surface area contributed by atoms with Crippen molar-refractivity contribution in [2.45, 2.75) is 36.6 Å². The molecule has 1 aromatic rings. The maximum atomic E-state index is 12.3. The summed E-state index contributed by atoms with van der Waals surface area (Å²) in [5.41, 5.74) is 0.876. The molecule has 0 unspecified atom stereocenters. The number of fused-ring (bicyclic) bond motifs is 1. The lowest BCUT2D eigenvalue weighted by Crippen LogP contribution is -2.64. The van der Waals surface area contributed by atoms with E-state index < -0.39 is 28.8 Å². The number of β-lactam (4-membered cyclic amide) rings is 1. The second-order valence-electron chi connectivity index (χ2n) is 6.65. The first-order chi connectivity index (χ1) is 11.8. The van der Waals surface area contributed by atoms with Crippen LogP contribution in [0.1, 0.15) is 19.4 Å². The Morgan fingerprint density at radius 1 is 1.32 bits per heavy atom. The summed E-state index contributed by atoms with van der Waals surface area (Å²) in [7, 11) is 0. The second kappa shape index (κ2) is 6.59. The van der Waals surface area contributed by atoms with Crippen LogP contribution in [0.25, 0.3) is 0 Å². The highest BCUT2D eigenvalue weighted by Gasteiger charge is 2.63. The number of hydrogen-bond donors (Lipinski definition) is 2. The highest BCUT2D eigenvalue weighted by molar-refractivity contribution is 8.01. The Labute approximate surface area is 149 Å². The molecule has 8 heteroatoms. The molecule has 1 aromatic carbocycles. The van der Waals surface area contributed by atoms with Gasteiger partial charge in [0.25, 0.3) is 0 Å². The van der Waals surface area contributed by atoms with Crippen LogP contribution >= 0.6 is 11.8 Å². The zero-order valence-electron chi connectivity index (χ0n) is 14.0. The van der Waals surface area contributed by atoms with Crippen LogP contribution in [-0.2, 0) is 20.9 Å². The number of benzene rings is 1. The number of ether oxygens (including phenoxy) is 1. The molecular weight excluding hydrogens is 344 g/mol. The number of aliphatic carboxylic acids is 1. The number of alkyl carbamates (subject to hydrolysis) is 1. The fraction of sp³-hybridized carbons (Fsp3) is 0.471. The van der Waals surface area contributed by atoms with E-state index in [4.69, 9.17) is 4.74 Å². The van der Waals surface area contributed by atoms with Crippen LogP contribution in [0, 0.1) is 5.92 Å². The van der Waals surface area contributed by atoms with Crippen LogP contribution in [0.2, 0.25) is 0 Å². The monoisotopic (exact) mass is 364 g/mol. The minimum absolute atomic E-state index is 0.142. The molecule has 134 valence electrons. The molecular formula is C17H20N2O5S. The number of nitrogens with one attached hydrogen (secondary N) is 1. The fourth-order valence-electron chi connectivity index (χ4n) is 3.25. The van der Waals surface area contributed by atoms with E-state index in [9.17, 15) is 19.5 Å². The van der Waals surface area contributed by atoms with Gasteiger partial charge in [-0.3, -0.25) is 4.79 Å². The first-order valence-corrected chi connectivity index (χ1v) is 8.86. The number of carboxylic acids is 1. The number of rotatable bonds is 5. The van der Waals surface area contributed by atoms with E-state index in [1.54, 1.807) is 0 Å². The molecule has 7 nitrogen and oxygen atoms in total. The molecule has 2 amide bonds. The molecule has 0 bridgehead atoms. The highest BCUT2D eigenvalue weighted by Crippen LogP contribution is 2.52. The summed E-state index contributed by atoms with van der Waals surface area (Å²) >= 11 is 1.46. The van der Waals surface area contributed by atoms with Crippen molar-refractivity contribution in [3.8, 4) is 0 Å². The summed E-state index contributed by atoms with van der Waals surface area (Å²) in [5.74, 6) is -1.65. The van der Waals surface area contributed by atoms with E-state index in [-0.39, 0.29) is 24.4 Å². The lowest BCUT2D eigenvalue weighted by molar-refractivity contribution is -0.163. The first kappa shape index (κ1) is 17.6. The smallest absolute Gasteiger partial charge is 0.407 e. The predicted octanol–water partition coefficient (Wildman–Crippen LogP) is 1.68. The van der Waals surface area contributed by atoms with Crippen molar-refractivity contribution < 1.29 is 24.2 Å². The molecule has 0 aromatic heterocycles. The molecule has 0 saturated carbocycles. The van der Waals surface area contributed by atoms with E-state index in [0.717, 1.165) is 5.56 Å². The van der Waals surface area contributed by atoms with Gasteiger partial charge in [-0.2, -0.15) is 0 Å². The lowest BCUT2D eigenvalue weighted by Gasteiger charge is -2.43. The summed E-state index contributed by atoms with van der Waals surface area (Å²) in [6.07, 6.45) is -0.591. The minimum atomic E-state index is -0.998. The van der Waals surface area contributed by atoms with Crippen molar-refractivity contribution in [3.05, 3.63) is 35.9 Å². The van der Waals surface area contributed by atoms with Crippen molar-refractivity contribution in [3.63, 3.8) is 0 Å². The molecule has 2 aliphatic rings. The quantitative estimate of drug-likeness (QED) is 0.772. The Morgan fingerprint density at radius 3 is 2.64 bits per heavy atom. The third kappa shape index (κ3) is 3.30. The van der Waals surface area contributed by atoms with Crippen molar-refractivity contribution in [1.82, 2.24) is 10.2 Å². The molecule has 3 rings (SSSR count). The van der Waals surface area contributed by atoms with Gasteiger partial charge in [-0.1, -0.05) is 30.3 Å². The second-order valence-corrected chi connectivity index (χ2v) is 8.42. The van der Waals surface area contributed by atoms with Gasteiger partial charge in [0, 0.05) is 11.3 Å². The number of amides is 2. The SMILES string of the molecule is CC1(C)S[C@@H]2[C@H](CNC(=O)OCc3ccccc3)C(=O)N2[C@H]1C(=O)O. The van der Waals surface area contributed by atoms with Crippen LogP contribution < -0.4 is 5.32 Å². The molecule has 25 heavy (non-hydrogen) atoms. The summed E-state index contributed by atoms with van der Waals surface area (Å²) in [5, 5.41) is 11.8. The largest absolute Gasteiger partial charge is 0.480 e. The Balaban J connectivity index is 1.51. The zero-order valence-corrected chi connectivity index (χ0v) is 14.8. The summed E-state index contributed by atoms with van der Waals surface area (Å²) in [6.45, 7) is 3.94. The zero-order chi connectivity index (χ0) is 18.2. The van der Waals surface area contributed by atoms with E-state index in [0.29, 0.717) is 0 Å². The maximum absolute atomic E-state index is 12.3. The third-order valence-electron chi connectivity index (χ3n) is 4.46. The van der Waals surface area contributed by atoms with Gasteiger partial charge >= 0.3 is 12.1 Å². The van der Waals surface area contributed by atoms with E-state index >= 15 is 0 Å². The van der Waals surface area contributed by atoms with Crippen molar-refractivity contribution in [1.29, 1.82) is 0 Å². The van der Waals surface area contributed by atoms with Gasteiger partial charge in [0.15, 0.2) is 0 Å². The minimum Gasteiger partial charge on any atom is -0.480 e. The molecule has 2 heterocycles. The fourth-order valence-corrected chi connectivity index (χ4v) is 4.93. The van der Waals surface area contributed by atoms with Crippen LogP contribution in [0.4, 0.5) is 4.79 Å². The molecule has 2 saturated heterocycles. The number of carboxylic acid groups (broad SMARTS) is 1. The standard InChI is InChI=1S/C17H20N2O5S/c1-17(2)12(15(21)22)19-13(20)11(14(19)25-17)8-18-16(23)24-9-10-6-4-3-5-7-10/h3-7,11-12,14H,8-9H2,1-2H3,(H,18,23)(H,21,22)/t11-,12+,14-/m1/s1. The maximum Gasteiger partial charge on any atom is 0.407 e. The van der Waals surface area contributed by atoms with Crippen molar-refractivity contribution in [2.24, 2.45) is 5.92 Å². The highest BCUT2D eigenvalue weighted by atomic mass is 32.2. The summed E-state index contributed by atoms with van der Waals surface area (Å²) in [4.78, 5) is 37.0. The van der Waals surface area contributed by atoms with E-state index in [2.05, 4.69) is 5.32 Å². The van der Waals surface area contributed by atoms with Crippen molar-refractivity contribution in [2.75, 3.05) is 6.54 Å². The molecule has 2 aliphatic heterocycles. The number of carbonyl (C=O) groups is 3. The Hall–Kier alpha value is -2.22. The normalized spacial score (nSPS) is 26.6. The third-order valence-corrected chi connectivity index (χ3v) is 6.09. The lowest BCUT2D eigenvalue weighted by atomic mass is 9.92. The predicted molar refractivity (Wildman–Crippen MR) is 91.8 cm³/mol. The Morgan fingerprint density at radius 2 is 2.00 bits per heavy atom. The van der Waals surface area contributed by atoms with Crippen LogP contribution in [0.3, 0.4) is 0 Å². The van der Waals surface area contributed by atoms with Gasteiger partial charge in [-0.15, -0.1) is 11.8 Å². The van der Waals surface area contributed by atoms with Crippen LogP contribution in [0.5, 0.6) is 0 Å². The van der Waals surface area contributed by atoms with Crippen molar-refractivity contribution >= 4 is 29.7 Å². The van der Waals surface area contributed by atoms with Crippen LogP contribution in [0.15, 0.2) is 30.3 Å². The average Bonchev–Trinajstić information content (AvgIpc) is 2.82. The topological polar surface area (TPSA) is 95.9 Å². The number of hydrogen-bond acceptors (Lipinski definition) is 5. The van der Waals surface area contributed by atoms with Crippen LogP contribution in [-0.4, -0.2) is 50.7 Å². The molecule has 0 aliphatic carbocycles. The Bertz CT molecular complexity index is 694. The van der Waals surface area contributed by atoms with Gasteiger partial charge < -0.3 is 20.1 Å². The van der Waals surface area contributed by atoms with Gasteiger partial charge in [0.05, 0.1) is 11.3 Å². The van der Waals surface area contributed by atoms with Gasteiger partial charge in [0.1, 0.15) is 12.6 Å². The molecule has 0 spiro atoms. The van der Waals surface area contributed by atoms with Gasteiger partial charge in [-0.25, -0.2) is 9.59 Å². The van der Waals surface area contributed by atoms with Gasteiger partial charge in [-0.05, 0) is 19.4 Å². The summed E-state index contributed by atoms with van der Waals surface area (Å²) in [6, 6.07) is 8.46. The average molecular weight is 364 g/mol. The number of thioether (sulfide) groups is 1. The molecule has 2 fully saturated rings. The van der Waals surface area contributed by atoms with E-state index in [1.165, 1.54) is 16.7 Å². The molecule has 0 radical (unpaired) electrons. The Kier molecular flexibility index (Phi) is 4.64. The molecule has 2 N–H and O–H groups in total. The number of nitrogens with zero attached hydrogens (tertiary/aromatic N) is 1. The van der Waals surface area contributed by atoms with E-state index in [1.807, 2.05) is 44.2 Å². The van der Waals surface area contributed by atoms with Gasteiger partial charge in [0.2, 0.25) is 5.91 Å². The summed E-state index contributed by atoms with van der Waals surface area (Å²) < 4.78 is 4.56. The molecule has 3 atom stereocenters. The number of carbonyl (C=O) groups excluding carboxylic acids is 2. The first-order valence-electron chi connectivity index (χ1n) is 7.98.